The Morgan fingerprint density at radius 1 is 1.33 bits per heavy atom. The van der Waals surface area contributed by atoms with E-state index in [9.17, 15) is 9.59 Å². The zero-order valence-corrected chi connectivity index (χ0v) is 10.9. The van der Waals surface area contributed by atoms with Crippen molar-refractivity contribution in [2.24, 2.45) is 0 Å². The molecule has 0 radical (unpaired) electrons. The topological polar surface area (TPSA) is 52.6 Å². The third-order valence-corrected chi connectivity index (χ3v) is 1.70. The van der Waals surface area contributed by atoms with Gasteiger partial charge in [-0.25, -0.2) is 4.79 Å². The lowest BCUT2D eigenvalue weighted by molar-refractivity contribution is -0.182. The van der Waals surface area contributed by atoms with E-state index in [0.717, 1.165) is 0 Å². The minimum Gasteiger partial charge on any atom is -0.424 e. The average Bonchev–Trinajstić information content (AvgIpc) is 2.01. The van der Waals surface area contributed by atoms with Gasteiger partial charge in [0.05, 0.1) is 0 Å². The first-order chi connectivity index (χ1) is 6.64. The lowest BCUT2D eigenvalue weighted by atomic mass is 10.2. The summed E-state index contributed by atoms with van der Waals surface area (Å²) in [5.74, 6) is -1.08. The van der Waals surface area contributed by atoms with E-state index >= 15 is 0 Å². The van der Waals surface area contributed by atoms with Crippen LogP contribution >= 0.6 is 15.9 Å². The predicted octanol–water partition coefficient (Wildman–Crippen LogP) is 2.17. The molecule has 5 heteroatoms. The Hall–Kier alpha value is -0.840. The molecule has 86 valence electrons. The van der Waals surface area contributed by atoms with Crippen molar-refractivity contribution in [2.75, 3.05) is 0 Å². The van der Waals surface area contributed by atoms with Crippen LogP contribution in [0.5, 0.6) is 0 Å². The van der Waals surface area contributed by atoms with Gasteiger partial charge in [-0.15, -0.1) is 0 Å². The van der Waals surface area contributed by atoms with Crippen molar-refractivity contribution in [1.29, 1.82) is 0 Å². The Labute approximate surface area is 97.8 Å². The third-order valence-electron chi connectivity index (χ3n) is 1.38. The minimum absolute atomic E-state index is 0.260. The molecule has 0 aliphatic carbocycles. The highest BCUT2D eigenvalue weighted by Gasteiger charge is 2.28. The Bertz CT molecular complexity index is 278. The Morgan fingerprint density at radius 3 is 2.13 bits per heavy atom. The molecule has 0 amide bonds. The number of hydrogen-bond donors (Lipinski definition) is 0. The fourth-order valence-electron chi connectivity index (χ4n) is 0.566. The normalized spacial score (nSPS) is 12.9. The van der Waals surface area contributed by atoms with Crippen LogP contribution in [0.3, 0.4) is 0 Å². The van der Waals surface area contributed by atoms with Gasteiger partial charge in [0.2, 0.25) is 6.29 Å². The standard InChI is InChI=1S/C10H15BrO4/c1-6(2)8(12)14-7(3)15-9(13)10(4,5)11/h7H,1H2,2-5H3. The molecule has 0 rings (SSSR count). The van der Waals surface area contributed by atoms with Crippen LogP contribution in [-0.2, 0) is 19.1 Å². The van der Waals surface area contributed by atoms with Crippen molar-refractivity contribution in [3.63, 3.8) is 0 Å². The maximum Gasteiger partial charge on any atom is 0.336 e. The second kappa shape index (κ2) is 5.30. The van der Waals surface area contributed by atoms with Gasteiger partial charge in [0.15, 0.2) is 0 Å². The number of carbonyl (C=O) groups excluding carboxylic acids is 2. The van der Waals surface area contributed by atoms with Crippen molar-refractivity contribution >= 4 is 27.9 Å². The smallest absolute Gasteiger partial charge is 0.336 e. The SMILES string of the molecule is C=C(C)C(=O)OC(C)OC(=O)C(C)(C)Br. The highest BCUT2D eigenvalue weighted by molar-refractivity contribution is 9.10. The van der Waals surface area contributed by atoms with Crippen LogP contribution in [0.15, 0.2) is 12.2 Å². The third kappa shape index (κ3) is 5.57. The molecule has 15 heavy (non-hydrogen) atoms. The number of rotatable bonds is 4. The van der Waals surface area contributed by atoms with Gasteiger partial charge in [-0.05, 0) is 20.8 Å². The van der Waals surface area contributed by atoms with Gasteiger partial charge in [-0.3, -0.25) is 4.79 Å². The second-order valence-electron chi connectivity index (χ2n) is 3.63. The highest BCUT2D eigenvalue weighted by atomic mass is 79.9. The van der Waals surface area contributed by atoms with E-state index in [-0.39, 0.29) is 5.57 Å². The Morgan fingerprint density at radius 2 is 1.80 bits per heavy atom. The molecule has 0 bridgehead atoms. The van der Waals surface area contributed by atoms with E-state index in [0.29, 0.717) is 0 Å². The van der Waals surface area contributed by atoms with E-state index in [1.807, 2.05) is 0 Å². The summed E-state index contributed by atoms with van der Waals surface area (Å²) in [7, 11) is 0. The molecular weight excluding hydrogens is 264 g/mol. The maximum atomic E-state index is 11.3. The van der Waals surface area contributed by atoms with Crippen molar-refractivity contribution in [3.05, 3.63) is 12.2 Å². The molecule has 0 aliphatic heterocycles. The summed E-state index contributed by atoms with van der Waals surface area (Å²) in [4.78, 5) is 22.4. The van der Waals surface area contributed by atoms with Gasteiger partial charge in [-0.2, -0.15) is 0 Å². The molecule has 4 nitrogen and oxygen atoms in total. The van der Waals surface area contributed by atoms with Gasteiger partial charge in [0.25, 0.3) is 0 Å². The van der Waals surface area contributed by atoms with Crippen molar-refractivity contribution < 1.29 is 19.1 Å². The van der Waals surface area contributed by atoms with Gasteiger partial charge in [-0.1, -0.05) is 22.5 Å². The number of carbonyl (C=O) groups is 2. The average molecular weight is 279 g/mol. The molecule has 0 fully saturated rings. The number of hydrogen-bond acceptors (Lipinski definition) is 4. The van der Waals surface area contributed by atoms with Crippen LogP contribution < -0.4 is 0 Å². The van der Waals surface area contributed by atoms with Crippen molar-refractivity contribution in [3.8, 4) is 0 Å². The molecule has 0 aromatic rings. The highest BCUT2D eigenvalue weighted by Crippen LogP contribution is 2.18. The van der Waals surface area contributed by atoms with E-state index < -0.39 is 22.6 Å². The fourth-order valence-corrected chi connectivity index (χ4v) is 0.660. The molecule has 1 atom stereocenters. The molecule has 1 unspecified atom stereocenters. The van der Waals surface area contributed by atoms with E-state index in [1.54, 1.807) is 13.8 Å². The zero-order valence-electron chi connectivity index (χ0n) is 9.30. The summed E-state index contributed by atoms with van der Waals surface area (Å²) in [6.07, 6.45) is -0.918. The van der Waals surface area contributed by atoms with Gasteiger partial charge >= 0.3 is 11.9 Å². The van der Waals surface area contributed by atoms with Crippen molar-refractivity contribution in [1.82, 2.24) is 0 Å². The van der Waals surface area contributed by atoms with Crippen LogP contribution in [0.2, 0.25) is 0 Å². The summed E-state index contributed by atoms with van der Waals surface area (Å²) in [6, 6.07) is 0. The molecule has 0 N–H and O–H groups in total. The molecule has 0 aromatic heterocycles. The Kier molecular flexibility index (Phi) is 5.00. The molecule has 0 saturated heterocycles. The number of alkyl halides is 1. The minimum atomic E-state index is -0.918. The fraction of sp³-hybridized carbons (Fsp3) is 0.600. The number of esters is 2. The summed E-state index contributed by atoms with van der Waals surface area (Å²) in [5, 5.41) is 0. The van der Waals surface area contributed by atoms with Crippen LogP contribution in [0.25, 0.3) is 0 Å². The predicted molar refractivity (Wildman–Crippen MR) is 59.5 cm³/mol. The first-order valence-electron chi connectivity index (χ1n) is 4.41. The van der Waals surface area contributed by atoms with E-state index in [4.69, 9.17) is 9.47 Å². The van der Waals surface area contributed by atoms with E-state index in [2.05, 4.69) is 22.5 Å². The van der Waals surface area contributed by atoms with Gasteiger partial charge in [0, 0.05) is 12.5 Å². The first kappa shape index (κ1) is 14.2. The monoisotopic (exact) mass is 278 g/mol. The maximum absolute atomic E-state index is 11.3. The van der Waals surface area contributed by atoms with Crippen molar-refractivity contribution in [2.45, 2.75) is 38.3 Å². The second-order valence-corrected chi connectivity index (χ2v) is 5.61. The van der Waals surface area contributed by atoms with Gasteiger partial charge < -0.3 is 9.47 Å². The molecule has 0 aromatic carbocycles. The summed E-state index contributed by atoms with van der Waals surface area (Å²) >= 11 is 3.14. The van der Waals surface area contributed by atoms with Gasteiger partial charge in [0.1, 0.15) is 4.32 Å². The van der Waals surface area contributed by atoms with Crippen LogP contribution in [0.4, 0.5) is 0 Å². The molecule has 0 saturated carbocycles. The largest absolute Gasteiger partial charge is 0.424 e. The van der Waals surface area contributed by atoms with Crippen LogP contribution in [0.1, 0.15) is 27.7 Å². The summed E-state index contributed by atoms with van der Waals surface area (Å²) < 4.78 is 8.85. The molecule has 0 aliphatic rings. The molecule has 0 spiro atoms. The number of halogens is 1. The lowest BCUT2D eigenvalue weighted by Gasteiger charge is -2.19. The van der Waals surface area contributed by atoms with Crippen LogP contribution in [-0.4, -0.2) is 22.6 Å². The lowest BCUT2D eigenvalue weighted by Crippen LogP contribution is -2.32. The molecule has 0 heterocycles. The van der Waals surface area contributed by atoms with Crippen LogP contribution in [0, 0.1) is 0 Å². The van der Waals surface area contributed by atoms with E-state index in [1.165, 1.54) is 13.8 Å². The molecular formula is C10H15BrO4. The summed E-state index contributed by atoms with van der Waals surface area (Å²) in [5.41, 5.74) is 0.260. The first-order valence-corrected chi connectivity index (χ1v) is 5.20. The Balaban J connectivity index is 4.16. The number of ether oxygens (including phenoxy) is 2. The zero-order chi connectivity index (χ0) is 12.2. The quantitative estimate of drug-likeness (QED) is 0.342. The summed E-state index contributed by atoms with van der Waals surface area (Å²) in [6.45, 7) is 9.68.